The standard InChI is InChI=1S/C36H31F7/c1-3-5-7-29-34(41)20-26(21-35(29)42)28-15-10-22(17-32(28)39)9-11-23-12-13-24(18-31(23)38)27-16-14-25(19-33(27)40)36(43)30(37)8-6-4-2/h3,10,12-21H,1,4-9,11H2,2H3. The lowest BCUT2D eigenvalue weighted by atomic mass is 9.96. The van der Waals surface area contributed by atoms with Gasteiger partial charge in [0.25, 0.3) is 0 Å². The van der Waals surface area contributed by atoms with Crippen LogP contribution in [0.15, 0.2) is 85.2 Å². The molecule has 0 aliphatic carbocycles. The van der Waals surface area contributed by atoms with Crippen LogP contribution in [0.2, 0.25) is 0 Å². The van der Waals surface area contributed by atoms with Crippen LogP contribution in [0, 0.1) is 29.1 Å². The topological polar surface area (TPSA) is 0 Å². The van der Waals surface area contributed by atoms with Crippen LogP contribution in [0.25, 0.3) is 28.1 Å². The third-order valence-corrected chi connectivity index (χ3v) is 7.34. The molecular weight excluding hydrogens is 565 g/mol. The van der Waals surface area contributed by atoms with E-state index in [1.807, 2.05) is 6.92 Å². The molecule has 0 saturated heterocycles. The van der Waals surface area contributed by atoms with Crippen LogP contribution in [0.4, 0.5) is 30.7 Å². The molecule has 4 rings (SSSR count). The van der Waals surface area contributed by atoms with Crippen molar-refractivity contribution in [2.45, 2.75) is 51.9 Å². The van der Waals surface area contributed by atoms with Gasteiger partial charge in [-0.3, -0.25) is 0 Å². The van der Waals surface area contributed by atoms with Crippen molar-refractivity contribution >= 4 is 5.83 Å². The van der Waals surface area contributed by atoms with Crippen LogP contribution in [0.3, 0.4) is 0 Å². The lowest BCUT2D eigenvalue weighted by Gasteiger charge is -2.11. The van der Waals surface area contributed by atoms with Crippen LogP contribution in [0.5, 0.6) is 0 Å². The van der Waals surface area contributed by atoms with Crippen LogP contribution in [-0.2, 0) is 19.3 Å². The van der Waals surface area contributed by atoms with Gasteiger partial charge in [0.05, 0.1) is 0 Å². The van der Waals surface area contributed by atoms with Gasteiger partial charge >= 0.3 is 0 Å². The number of allylic oxidation sites excluding steroid dienone is 2. The molecule has 0 aliphatic rings. The van der Waals surface area contributed by atoms with Gasteiger partial charge in [-0.05, 0) is 84.7 Å². The number of rotatable bonds is 12. The monoisotopic (exact) mass is 596 g/mol. The molecule has 0 atom stereocenters. The quantitative estimate of drug-likeness (QED) is 0.113. The van der Waals surface area contributed by atoms with Crippen molar-refractivity contribution in [1.82, 2.24) is 0 Å². The third kappa shape index (κ3) is 7.64. The summed E-state index contributed by atoms with van der Waals surface area (Å²) in [5, 5.41) is 0. The maximum atomic E-state index is 15.0. The molecule has 0 heterocycles. The molecule has 0 fully saturated rings. The summed E-state index contributed by atoms with van der Waals surface area (Å²) < 4.78 is 102. The fourth-order valence-electron chi connectivity index (χ4n) is 4.87. The summed E-state index contributed by atoms with van der Waals surface area (Å²) in [4.78, 5) is 0. The van der Waals surface area contributed by atoms with Gasteiger partial charge in [-0.1, -0.05) is 55.8 Å². The van der Waals surface area contributed by atoms with Crippen LogP contribution in [0.1, 0.15) is 54.9 Å². The number of hydrogen-bond acceptors (Lipinski definition) is 0. The first kappa shape index (κ1) is 31.8. The summed E-state index contributed by atoms with van der Waals surface area (Å²) in [5.74, 6) is -5.63. The van der Waals surface area contributed by atoms with E-state index < -0.39 is 40.7 Å². The van der Waals surface area contributed by atoms with Crippen molar-refractivity contribution in [3.05, 3.63) is 137 Å². The van der Waals surface area contributed by atoms with Gasteiger partial charge in [0.2, 0.25) is 0 Å². The van der Waals surface area contributed by atoms with E-state index in [1.165, 1.54) is 36.4 Å². The van der Waals surface area contributed by atoms with E-state index in [0.29, 0.717) is 30.4 Å². The molecule has 0 unspecified atom stereocenters. The third-order valence-electron chi connectivity index (χ3n) is 7.34. The molecule has 0 spiro atoms. The molecule has 43 heavy (non-hydrogen) atoms. The van der Waals surface area contributed by atoms with E-state index in [4.69, 9.17) is 0 Å². The van der Waals surface area contributed by atoms with Crippen molar-refractivity contribution in [3.8, 4) is 22.3 Å². The van der Waals surface area contributed by atoms with E-state index in [1.54, 1.807) is 12.1 Å². The van der Waals surface area contributed by atoms with Crippen LogP contribution >= 0.6 is 0 Å². The average molecular weight is 597 g/mol. The summed E-state index contributed by atoms with van der Waals surface area (Å²) >= 11 is 0. The summed E-state index contributed by atoms with van der Waals surface area (Å²) in [6.45, 7) is 5.40. The first-order chi connectivity index (χ1) is 20.6. The van der Waals surface area contributed by atoms with Crippen molar-refractivity contribution in [1.29, 1.82) is 0 Å². The fourth-order valence-corrected chi connectivity index (χ4v) is 4.87. The first-order valence-electron chi connectivity index (χ1n) is 14.1. The minimum atomic E-state index is -1.11. The maximum Gasteiger partial charge on any atom is 0.161 e. The van der Waals surface area contributed by atoms with E-state index >= 15 is 0 Å². The lowest BCUT2D eigenvalue weighted by molar-refractivity contribution is 0.548. The van der Waals surface area contributed by atoms with Gasteiger partial charge in [-0.2, -0.15) is 0 Å². The highest BCUT2D eigenvalue weighted by Gasteiger charge is 2.16. The fraction of sp³-hybridized carbons (Fsp3) is 0.222. The molecule has 224 valence electrons. The lowest BCUT2D eigenvalue weighted by Crippen LogP contribution is -1.99. The molecular formula is C36H31F7. The van der Waals surface area contributed by atoms with Crippen LogP contribution < -0.4 is 0 Å². The highest BCUT2D eigenvalue weighted by Crippen LogP contribution is 2.32. The Bertz CT molecular complexity index is 1630. The second kappa shape index (κ2) is 14.4. The minimum Gasteiger partial charge on any atom is -0.209 e. The van der Waals surface area contributed by atoms with Crippen molar-refractivity contribution in [3.63, 3.8) is 0 Å². The molecule has 0 aromatic heterocycles. The molecule has 0 bridgehead atoms. The summed E-state index contributed by atoms with van der Waals surface area (Å²) in [5.41, 5.74) is 0.950. The Labute approximate surface area is 247 Å². The van der Waals surface area contributed by atoms with E-state index in [0.717, 1.165) is 24.3 Å². The maximum absolute atomic E-state index is 15.0. The second-order valence-corrected chi connectivity index (χ2v) is 10.4. The Kier molecular flexibility index (Phi) is 10.6. The minimum absolute atomic E-state index is 0.0373. The summed E-state index contributed by atoms with van der Waals surface area (Å²) in [6, 6.07) is 14.1. The number of aryl methyl sites for hydroxylation is 2. The zero-order valence-electron chi connectivity index (χ0n) is 23.7. The Hall–Kier alpha value is -4.13. The zero-order valence-corrected chi connectivity index (χ0v) is 23.7. The molecule has 0 amide bonds. The van der Waals surface area contributed by atoms with Crippen LogP contribution in [-0.4, -0.2) is 0 Å². The molecule has 0 nitrogen and oxygen atoms in total. The summed E-state index contributed by atoms with van der Waals surface area (Å²) in [7, 11) is 0. The number of benzene rings is 4. The average Bonchev–Trinajstić information content (AvgIpc) is 2.98. The zero-order chi connectivity index (χ0) is 31.1. The second-order valence-electron chi connectivity index (χ2n) is 10.4. The Balaban J connectivity index is 1.46. The number of hydrogen-bond donors (Lipinski definition) is 0. The highest BCUT2D eigenvalue weighted by molar-refractivity contribution is 5.69. The van der Waals surface area contributed by atoms with Gasteiger partial charge in [0.1, 0.15) is 34.9 Å². The molecule has 0 N–H and O–H groups in total. The van der Waals surface area contributed by atoms with Gasteiger partial charge in [-0.15, -0.1) is 6.58 Å². The van der Waals surface area contributed by atoms with Crippen molar-refractivity contribution in [2.75, 3.05) is 0 Å². The van der Waals surface area contributed by atoms with Gasteiger partial charge in [-0.25, -0.2) is 30.7 Å². The predicted octanol–water partition coefficient (Wildman–Crippen LogP) is 11.4. The molecule has 0 aliphatic heterocycles. The highest BCUT2D eigenvalue weighted by atomic mass is 19.2. The normalized spacial score (nSPS) is 11.9. The van der Waals surface area contributed by atoms with E-state index in [9.17, 15) is 30.7 Å². The van der Waals surface area contributed by atoms with Gasteiger partial charge in [0, 0.05) is 28.7 Å². The van der Waals surface area contributed by atoms with Gasteiger partial charge in [0.15, 0.2) is 5.83 Å². The Morgan fingerprint density at radius 1 is 0.674 bits per heavy atom. The molecule has 4 aromatic carbocycles. The molecule has 0 radical (unpaired) electrons. The first-order valence-corrected chi connectivity index (χ1v) is 14.1. The number of halogens is 7. The van der Waals surface area contributed by atoms with Crippen molar-refractivity contribution in [2.24, 2.45) is 0 Å². The molecule has 4 aromatic rings. The largest absolute Gasteiger partial charge is 0.209 e. The van der Waals surface area contributed by atoms with E-state index in [2.05, 4.69) is 6.58 Å². The molecule has 0 saturated carbocycles. The Morgan fingerprint density at radius 2 is 1.33 bits per heavy atom. The predicted molar refractivity (Wildman–Crippen MR) is 158 cm³/mol. The smallest absolute Gasteiger partial charge is 0.161 e. The number of unbranched alkanes of at least 4 members (excludes halogenated alkanes) is 1. The van der Waals surface area contributed by atoms with Gasteiger partial charge < -0.3 is 0 Å². The Morgan fingerprint density at radius 3 is 1.95 bits per heavy atom. The summed E-state index contributed by atoms with van der Waals surface area (Å²) in [6.07, 6.45) is 3.69. The molecule has 7 heteroatoms. The van der Waals surface area contributed by atoms with E-state index in [-0.39, 0.29) is 59.1 Å². The SMILES string of the molecule is C=CCCc1c(F)cc(-c2ccc(CCc3ccc(-c4ccc(C(F)=C(F)CCCC)cc4F)cc3F)cc2F)cc1F. The van der Waals surface area contributed by atoms with Crippen molar-refractivity contribution < 1.29 is 30.7 Å².